The molecule has 1 aromatic carbocycles. The van der Waals surface area contributed by atoms with Crippen molar-refractivity contribution in [2.75, 3.05) is 7.05 Å². The minimum absolute atomic E-state index is 0.00222. The molecule has 0 N–H and O–H groups in total. The minimum Gasteiger partial charge on any atom is -0.467 e. The monoisotopic (exact) mass is 187 g/mol. The molecule has 2 rings (SSSR count). The van der Waals surface area contributed by atoms with Gasteiger partial charge < -0.3 is 9.64 Å². The Kier molecular flexibility index (Phi) is 2.54. The lowest BCUT2D eigenvalue weighted by Gasteiger charge is -2.26. The number of nitrogens with zero attached hydrogens (tertiary/aromatic N) is 1. The molecular weight excluding hydrogens is 174 g/mol. The van der Waals surface area contributed by atoms with Crippen molar-refractivity contribution in [2.45, 2.75) is 6.23 Å². The maximum absolute atomic E-state index is 5.76. The molecule has 0 amide bonds. The molecule has 0 saturated heterocycles. The van der Waals surface area contributed by atoms with Gasteiger partial charge in [0.25, 0.3) is 0 Å². The lowest BCUT2D eigenvalue weighted by molar-refractivity contribution is 0.121. The van der Waals surface area contributed by atoms with Crippen molar-refractivity contribution < 1.29 is 4.74 Å². The second-order valence-corrected chi connectivity index (χ2v) is 3.21. The number of hydrogen-bond acceptors (Lipinski definition) is 2. The van der Waals surface area contributed by atoms with Gasteiger partial charge in [0.15, 0.2) is 6.23 Å². The van der Waals surface area contributed by atoms with E-state index < -0.39 is 0 Å². The first-order chi connectivity index (χ1) is 6.86. The van der Waals surface area contributed by atoms with Crippen LogP contribution in [0, 0.1) is 0 Å². The van der Waals surface area contributed by atoms with Crippen LogP contribution in [-0.2, 0) is 0 Å². The summed E-state index contributed by atoms with van der Waals surface area (Å²) in [6, 6.07) is 9.84. The van der Waals surface area contributed by atoms with Crippen LogP contribution in [0.3, 0.4) is 0 Å². The normalized spacial score (nSPS) is 19.8. The Morgan fingerprint density at radius 1 is 1.14 bits per heavy atom. The van der Waals surface area contributed by atoms with E-state index in [1.54, 1.807) is 0 Å². The Labute approximate surface area is 84.1 Å². The number of rotatable bonds is 2. The molecule has 1 heterocycles. The predicted octanol–water partition coefficient (Wildman–Crippen LogP) is 2.41. The third-order valence-electron chi connectivity index (χ3n) is 2.11. The van der Waals surface area contributed by atoms with E-state index in [0.717, 1.165) is 5.75 Å². The number of benzene rings is 1. The molecule has 1 aliphatic heterocycles. The number of hydrogen-bond donors (Lipinski definition) is 0. The Hall–Kier alpha value is -1.70. The standard InChI is InChI=1S/C12H13NO/c1-13-10-6-5-9-12(13)14-11-7-3-2-4-8-11/h2-10,12H,1H3. The van der Waals surface area contributed by atoms with Crippen LogP contribution in [-0.4, -0.2) is 18.2 Å². The van der Waals surface area contributed by atoms with Gasteiger partial charge >= 0.3 is 0 Å². The molecule has 0 aliphatic carbocycles. The first kappa shape index (κ1) is 8.88. The Morgan fingerprint density at radius 2 is 1.93 bits per heavy atom. The van der Waals surface area contributed by atoms with Crippen molar-refractivity contribution in [3.05, 3.63) is 54.8 Å². The molecule has 0 radical (unpaired) electrons. The van der Waals surface area contributed by atoms with Crippen LogP contribution < -0.4 is 4.74 Å². The van der Waals surface area contributed by atoms with Gasteiger partial charge in [-0.1, -0.05) is 24.3 Å². The second kappa shape index (κ2) is 4.01. The Balaban J connectivity index is 2.05. The molecule has 2 nitrogen and oxygen atoms in total. The first-order valence-electron chi connectivity index (χ1n) is 4.65. The van der Waals surface area contributed by atoms with Crippen molar-refractivity contribution in [3.8, 4) is 5.75 Å². The highest BCUT2D eigenvalue weighted by Crippen LogP contribution is 2.14. The fraction of sp³-hybridized carbons (Fsp3) is 0.167. The summed E-state index contributed by atoms with van der Waals surface area (Å²) in [6.45, 7) is 0. The van der Waals surface area contributed by atoms with E-state index in [0.29, 0.717) is 0 Å². The highest BCUT2D eigenvalue weighted by Gasteiger charge is 2.10. The number of ether oxygens (including phenoxy) is 1. The van der Waals surface area contributed by atoms with Crippen LogP contribution in [0.2, 0.25) is 0 Å². The highest BCUT2D eigenvalue weighted by atomic mass is 16.5. The number of para-hydroxylation sites is 1. The topological polar surface area (TPSA) is 12.5 Å². The maximum atomic E-state index is 5.76. The summed E-state index contributed by atoms with van der Waals surface area (Å²) in [7, 11) is 1.99. The zero-order valence-corrected chi connectivity index (χ0v) is 8.13. The largest absolute Gasteiger partial charge is 0.467 e. The lowest BCUT2D eigenvalue weighted by atomic mass is 10.3. The van der Waals surface area contributed by atoms with E-state index in [2.05, 4.69) is 0 Å². The molecule has 0 saturated carbocycles. The molecule has 0 aromatic heterocycles. The minimum atomic E-state index is 0.00222. The fourth-order valence-corrected chi connectivity index (χ4v) is 1.33. The molecule has 1 unspecified atom stereocenters. The molecular formula is C12H13NO. The molecule has 14 heavy (non-hydrogen) atoms. The average molecular weight is 187 g/mol. The van der Waals surface area contributed by atoms with Crippen LogP contribution in [0.25, 0.3) is 0 Å². The third-order valence-corrected chi connectivity index (χ3v) is 2.11. The maximum Gasteiger partial charge on any atom is 0.191 e. The molecule has 0 fully saturated rings. The van der Waals surface area contributed by atoms with Crippen LogP contribution >= 0.6 is 0 Å². The summed E-state index contributed by atoms with van der Waals surface area (Å²) < 4.78 is 5.76. The van der Waals surface area contributed by atoms with E-state index in [-0.39, 0.29) is 6.23 Å². The zero-order valence-electron chi connectivity index (χ0n) is 8.13. The van der Waals surface area contributed by atoms with Gasteiger partial charge in [0.05, 0.1) is 0 Å². The van der Waals surface area contributed by atoms with Crippen LogP contribution in [0.15, 0.2) is 54.8 Å². The average Bonchev–Trinajstić information content (AvgIpc) is 2.23. The first-order valence-corrected chi connectivity index (χ1v) is 4.65. The molecule has 1 atom stereocenters. The summed E-state index contributed by atoms with van der Waals surface area (Å²) in [5, 5.41) is 0. The second-order valence-electron chi connectivity index (χ2n) is 3.21. The lowest BCUT2D eigenvalue weighted by Crippen LogP contribution is -2.31. The van der Waals surface area contributed by atoms with Crippen molar-refractivity contribution in [1.82, 2.24) is 4.90 Å². The SMILES string of the molecule is CN1C=CC=CC1Oc1ccccc1. The highest BCUT2D eigenvalue weighted by molar-refractivity contribution is 5.22. The van der Waals surface area contributed by atoms with Gasteiger partial charge in [-0.3, -0.25) is 0 Å². The van der Waals surface area contributed by atoms with E-state index in [1.807, 2.05) is 66.7 Å². The van der Waals surface area contributed by atoms with Gasteiger partial charge in [-0.05, 0) is 24.3 Å². The summed E-state index contributed by atoms with van der Waals surface area (Å²) in [5.74, 6) is 0.893. The van der Waals surface area contributed by atoms with E-state index >= 15 is 0 Å². The molecule has 2 heteroatoms. The number of likely N-dealkylation sites (N-methyl/N-ethyl adjacent to an activating group) is 1. The summed E-state index contributed by atoms with van der Waals surface area (Å²) >= 11 is 0. The van der Waals surface area contributed by atoms with Gasteiger partial charge in [-0.25, -0.2) is 0 Å². The Bertz CT molecular complexity index is 343. The molecule has 1 aromatic rings. The van der Waals surface area contributed by atoms with E-state index in [9.17, 15) is 0 Å². The smallest absolute Gasteiger partial charge is 0.191 e. The van der Waals surface area contributed by atoms with Gasteiger partial charge in [0.1, 0.15) is 5.75 Å². The summed E-state index contributed by atoms with van der Waals surface area (Å²) in [6.07, 6.45) is 8.00. The third kappa shape index (κ3) is 1.96. The summed E-state index contributed by atoms with van der Waals surface area (Å²) in [5.41, 5.74) is 0. The van der Waals surface area contributed by atoms with Crippen molar-refractivity contribution in [3.63, 3.8) is 0 Å². The Morgan fingerprint density at radius 3 is 2.64 bits per heavy atom. The fourth-order valence-electron chi connectivity index (χ4n) is 1.33. The van der Waals surface area contributed by atoms with Gasteiger partial charge in [0.2, 0.25) is 0 Å². The molecule has 0 bridgehead atoms. The molecule has 72 valence electrons. The molecule has 1 aliphatic rings. The van der Waals surface area contributed by atoms with Crippen LogP contribution in [0.4, 0.5) is 0 Å². The van der Waals surface area contributed by atoms with Gasteiger partial charge in [-0.15, -0.1) is 0 Å². The number of allylic oxidation sites excluding steroid dienone is 2. The van der Waals surface area contributed by atoms with Crippen LogP contribution in [0.5, 0.6) is 5.75 Å². The zero-order chi connectivity index (χ0) is 9.80. The van der Waals surface area contributed by atoms with Crippen molar-refractivity contribution in [1.29, 1.82) is 0 Å². The van der Waals surface area contributed by atoms with Gasteiger partial charge in [-0.2, -0.15) is 0 Å². The van der Waals surface area contributed by atoms with Crippen molar-refractivity contribution >= 4 is 0 Å². The summed E-state index contributed by atoms with van der Waals surface area (Å²) in [4.78, 5) is 2.02. The predicted molar refractivity (Wildman–Crippen MR) is 56.9 cm³/mol. The van der Waals surface area contributed by atoms with Gasteiger partial charge in [0, 0.05) is 13.2 Å². The van der Waals surface area contributed by atoms with Crippen molar-refractivity contribution in [2.24, 2.45) is 0 Å². The van der Waals surface area contributed by atoms with E-state index in [4.69, 9.17) is 4.74 Å². The molecule has 0 spiro atoms. The van der Waals surface area contributed by atoms with Crippen LogP contribution in [0.1, 0.15) is 0 Å². The quantitative estimate of drug-likeness (QED) is 0.705. The van der Waals surface area contributed by atoms with E-state index in [1.165, 1.54) is 0 Å².